The molecule has 0 saturated carbocycles. The highest BCUT2D eigenvalue weighted by atomic mass is 16.5. The van der Waals surface area contributed by atoms with Gasteiger partial charge in [-0.2, -0.15) is 0 Å². The Morgan fingerprint density at radius 3 is 3.13 bits per heavy atom. The average molecular weight is 207 g/mol. The minimum atomic E-state index is -0.833. The lowest BCUT2D eigenvalue weighted by Crippen LogP contribution is -2.06. The number of carbonyl (C=O) groups is 1. The molecule has 2 N–H and O–H groups in total. The Labute approximate surface area is 87.9 Å². The van der Waals surface area contributed by atoms with Gasteiger partial charge in [-0.15, -0.1) is 0 Å². The molecule has 0 unspecified atom stereocenters. The second-order valence-electron chi connectivity index (χ2n) is 3.49. The zero-order chi connectivity index (χ0) is 10.7. The summed E-state index contributed by atoms with van der Waals surface area (Å²) in [5, 5.41) is 11.7. The molecule has 2 rings (SSSR count). The summed E-state index contributed by atoms with van der Waals surface area (Å²) >= 11 is 0. The summed E-state index contributed by atoms with van der Waals surface area (Å²) in [7, 11) is 0. The molecular weight excluding hydrogens is 194 g/mol. The minimum Gasteiger partial charge on any atom is -0.493 e. The normalized spacial score (nSPS) is 13.6. The van der Waals surface area contributed by atoms with Gasteiger partial charge in [0.25, 0.3) is 0 Å². The summed E-state index contributed by atoms with van der Waals surface area (Å²) in [4.78, 5) is 10.3. The monoisotopic (exact) mass is 207 g/mol. The van der Waals surface area contributed by atoms with Gasteiger partial charge < -0.3 is 15.2 Å². The number of rotatable bonds is 4. The van der Waals surface area contributed by atoms with E-state index in [4.69, 9.17) is 9.84 Å². The highest BCUT2D eigenvalue weighted by Gasteiger charge is 2.14. The van der Waals surface area contributed by atoms with Crippen LogP contribution in [0.25, 0.3) is 0 Å². The number of carboxylic acids is 1. The van der Waals surface area contributed by atoms with Crippen LogP contribution in [0.4, 0.5) is 0 Å². The first-order valence-corrected chi connectivity index (χ1v) is 4.93. The van der Waals surface area contributed by atoms with Crippen molar-refractivity contribution < 1.29 is 14.6 Å². The van der Waals surface area contributed by atoms with Crippen LogP contribution in [0, 0.1) is 0 Å². The van der Waals surface area contributed by atoms with Crippen LogP contribution in [0.3, 0.4) is 0 Å². The largest absolute Gasteiger partial charge is 0.493 e. The van der Waals surface area contributed by atoms with Crippen molar-refractivity contribution in [3.05, 3.63) is 29.3 Å². The summed E-state index contributed by atoms with van der Waals surface area (Å²) in [6.07, 6.45) is 0.0388. The molecule has 0 radical (unpaired) electrons. The lowest BCUT2D eigenvalue weighted by Gasteiger charge is -2.08. The number of hydrogen-bond donors (Lipinski definition) is 2. The lowest BCUT2D eigenvalue weighted by molar-refractivity contribution is -0.137. The van der Waals surface area contributed by atoms with Crippen molar-refractivity contribution in [2.45, 2.75) is 19.5 Å². The average Bonchev–Trinajstić information content (AvgIpc) is 2.65. The Morgan fingerprint density at radius 2 is 2.33 bits per heavy atom. The molecule has 0 fully saturated rings. The van der Waals surface area contributed by atoms with Gasteiger partial charge >= 0.3 is 5.97 Å². The van der Waals surface area contributed by atoms with Crippen LogP contribution in [0.1, 0.15) is 17.5 Å². The first-order chi connectivity index (χ1) is 7.27. The van der Waals surface area contributed by atoms with Gasteiger partial charge in [0.1, 0.15) is 5.75 Å². The Bertz CT molecular complexity index is 376. The molecule has 80 valence electrons. The van der Waals surface area contributed by atoms with Gasteiger partial charge in [0.05, 0.1) is 13.0 Å². The van der Waals surface area contributed by atoms with Crippen molar-refractivity contribution >= 4 is 5.97 Å². The number of carboxylic acid groups (broad SMARTS) is 1. The third kappa shape index (κ3) is 2.27. The third-order valence-corrected chi connectivity index (χ3v) is 2.42. The molecular formula is C11H13NO3. The Balaban J connectivity index is 2.02. The second-order valence-corrected chi connectivity index (χ2v) is 3.49. The number of nitrogens with one attached hydrogen (secondary N) is 1. The molecule has 15 heavy (non-hydrogen) atoms. The fourth-order valence-corrected chi connectivity index (χ4v) is 1.68. The molecule has 0 saturated heterocycles. The molecule has 0 amide bonds. The van der Waals surface area contributed by atoms with Gasteiger partial charge in [0, 0.05) is 18.7 Å². The van der Waals surface area contributed by atoms with Crippen molar-refractivity contribution in [1.82, 2.24) is 5.32 Å². The van der Waals surface area contributed by atoms with E-state index >= 15 is 0 Å². The smallest absolute Gasteiger partial charge is 0.306 e. The van der Waals surface area contributed by atoms with Crippen LogP contribution in [0.15, 0.2) is 18.2 Å². The van der Waals surface area contributed by atoms with Crippen LogP contribution in [0.2, 0.25) is 0 Å². The molecule has 1 aromatic carbocycles. The number of benzene rings is 1. The van der Waals surface area contributed by atoms with Crippen molar-refractivity contribution in [2.24, 2.45) is 0 Å². The molecule has 0 aromatic heterocycles. The Morgan fingerprint density at radius 1 is 1.47 bits per heavy atom. The first kappa shape index (κ1) is 9.98. The van der Waals surface area contributed by atoms with Gasteiger partial charge in [0.15, 0.2) is 0 Å². The van der Waals surface area contributed by atoms with Gasteiger partial charge in [-0.05, 0) is 11.6 Å². The quantitative estimate of drug-likeness (QED) is 0.777. The first-order valence-electron chi connectivity index (χ1n) is 4.93. The fourth-order valence-electron chi connectivity index (χ4n) is 1.68. The van der Waals surface area contributed by atoms with Crippen LogP contribution >= 0.6 is 0 Å². The predicted molar refractivity (Wildman–Crippen MR) is 54.7 cm³/mol. The van der Waals surface area contributed by atoms with E-state index in [2.05, 4.69) is 11.4 Å². The molecule has 0 bridgehead atoms. The molecule has 0 spiro atoms. The molecule has 1 aliphatic heterocycles. The standard InChI is InChI=1S/C11H13NO3/c13-11(14)4-5-15-10-3-1-2-8-6-12-7-9(8)10/h1-3,12H,4-7H2,(H,13,14). The zero-order valence-corrected chi connectivity index (χ0v) is 8.32. The van der Waals surface area contributed by atoms with E-state index in [1.54, 1.807) is 0 Å². The van der Waals surface area contributed by atoms with Crippen LogP contribution in [-0.2, 0) is 17.9 Å². The van der Waals surface area contributed by atoms with E-state index in [1.807, 2.05) is 12.1 Å². The van der Waals surface area contributed by atoms with Crippen LogP contribution in [0.5, 0.6) is 5.75 Å². The van der Waals surface area contributed by atoms with Crippen LogP contribution < -0.4 is 10.1 Å². The summed E-state index contributed by atoms with van der Waals surface area (Å²) in [6, 6.07) is 5.87. The number of hydrogen-bond acceptors (Lipinski definition) is 3. The molecule has 4 heteroatoms. The Hall–Kier alpha value is -1.55. The summed E-state index contributed by atoms with van der Waals surface area (Å²) in [5.74, 6) is -0.0283. The molecule has 1 aromatic rings. The van der Waals surface area contributed by atoms with Gasteiger partial charge in [0.2, 0.25) is 0 Å². The van der Waals surface area contributed by atoms with Crippen molar-refractivity contribution in [1.29, 1.82) is 0 Å². The number of ether oxygens (including phenoxy) is 1. The summed E-state index contributed by atoms with van der Waals surface area (Å²) in [5.41, 5.74) is 2.39. The zero-order valence-electron chi connectivity index (χ0n) is 8.32. The van der Waals surface area contributed by atoms with Crippen molar-refractivity contribution in [3.63, 3.8) is 0 Å². The highest BCUT2D eigenvalue weighted by molar-refractivity contribution is 5.66. The maximum Gasteiger partial charge on any atom is 0.306 e. The topological polar surface area (TPSA) is 58.6 Å². The summed E-state index contributed by atoms with van der Waals surface area (Å²) in [6.45, 7) is 1.90. The third-order valence-electron chi connectivity index (χ3n) is 2.42. The molecule has 0 aliphatic carbocycles. The Kier molecular flexibility index (Phi) is 2.87. The van der Waals surface area contributed by atoms with Crippen LogP contribution in [-0.4, -0.2) is 17.7 Å². The fraction of sp³-hybridized carbons (Fsp3) is 0.364. The van der Waals surface area contributed by atoms with Crippen molar-refractivity contribution in [2.75, 3.05) is 6.61 Å². The van der Waals surface area contributed by atoms with Gasteiger partial charge in [-0.25, -0.2) is 0 Å². The van der Waals surface area contributed by atoms with E-state index in [9.17, 15) is 4.79 Å². The van der Waals surface area contributed by atoms with Gasteiger partial charge in [-0.3, -0.25) is 4.79 Å². The van der Waals surface area contributed by atoms with E-state index in [0.717, 1.165) is 24.4 Å². The maximum atomic E-state index is 10.3. The van der Waals surface area contributed by atoms with E-state index < -0.39 is 5.97 Å². The SMILES string of the molecule is O=C(O)CCOc1cccc2c1CNC2. The van der Waals surface area contributed by atoms with Crippen molar-refractivity contribution in [3.8, 4) is 5.75 Å². The molecule has 0 atom stereocenters. The highest BCUT2D eigenvalue weighted by Crippen LogP contribution is 2.26. The van der Waals surface area contributed by atoms with E-state index in [1.165, 1.54) is 5.56 Å². The lowest BCUT2D eigenvalue weighted by atomic mass is 10.1. The number of aliphatic carboxylic acids is 1. The maximum absolute atomic E-state index is 10.3. The number of fused-ring (bicyclic) bond motifs is 1. The van der Waals surface area contributed by atoms with E-state index in [0.29, 0.717) is 0 Å². The molecule has 1 heterocycles. The molecule has 4 nitrogen and oxygen atoms in total. The van der Waals surface area contributed by atoms with Gasteiger partial charge in [-0.1, -0.05) is 12.1 Å². The minimum absolute atomic E-state index is 0.0388. The predicted octanol–water partition coefficient (Wildman–Crippen LogP) is 1.14. The molecule has 1 aliphatic rings. The summed E-state index contributed by atoms with van der Waals surface area (Å²) < 4.78 is 5.44. The van der Waals surface area contributed by atoms with E-state index in [-0.39, 0.29) is 13.0 Å². The second kappa shape index (κ2) is 4.31.